The minimum Gasteiger partial charge on any atom is -0.305 e. The second-order valence-electron chi connectivity index (χ2n) is 4.96. The van der Waals surface area contributed by atoms with Crippen LogP contribution >= 0.6 is 11.3 Å². The van der Waals surface area contributed by atoms with Gasteiger partial charge in [-0.15, -0.1) is 0 Å². The van der Waals surface area contributed by atoms with Crippen molar-refractivity contribution in [3.05, 3.63) is 52.0 Å². The average molecular weight is 288 g/mol. The molecule has 0 radical (unpaired) electrons. The molecule has 0 spiro atoms. The number of aromatic nitrogens is 3. The van der Waals surface area contributed by atoms with Crippen molar-refractivity contribution in [3.63, 3.8) is 0 Å². The Labute approximate surface area is 119 Å². The summed E-state index contributed by atoms with van der Waals surface area (Å²) in [5, 5.41) is 7.95. The monoisotopic (exact) mass is 288 g/mol. The third-order valence-electron chi connectivity index (χ3n) is 3.60. The van der Waals surface area contributed by atoms with Crippen molar-refractivity contribution in [1.29, 1.82) is 0 Å². The second-order valence-corrected chi connectivity index (χ2v) is 5.96. The highest BCUT2D eigenvalue weighted by molar-refractivity contribution is 7.17. The van der Waals surface area contributed by atoms with Crippen LogP contribution in [0.5, 0.6) is 0 Å². The highest BCUT2D eigenvalue weighted by atomic mass is 32.1. The Morgan fingerprint density at radius 2 is 2.15 bits per heavy atom. The summed E-state index contributed by atoms with van der Waals surface area (Å²) in [6.45, 7) is 2.80. The lowest BCUT2D eigenvalue weighted by Gasteiger charge is -2.23. The maximum atomic E-state index is 13.1. The lowest BCUT2D eigenvalue weighted by atomic mass is 10.00. The average Bonchev–Trinajstić information content (AvgIpc) is 2.95. The van der Waals surface area contributed by atoms with Gasteiger partial charge in [0.15, 0.2) is 0 Å². The van der Waals surface area contributed by atoms with E-state index in [4.69, 9.17) is 0 Å². The molecular formula is C14H13FN4S. The molecule has 0 amide bonds. The molecule has 4 rings (SSSR count). The molecule has 2 aromatic heterocycles. The summed E-state index contributed by atoms with van der Waals surface area (Å²) in [7, 11) is 0. The minimum absolute atomic E-state index is 0.105. The molecule has 3 heterocycles. The smallest absolute Gasteiger partial charge is 0.212 e. The van der Waals surface area contributed by atoms with Gasteiger partial charge < -0.3 is 5.32 Å². The molecule has 0 fully saturated rings. The zero-order valence-corrected chi connectivity index (χ0v) is 11.7. The van der Waals surface area contributed by atoms with Gasteiger partial charge >= 0.3 is 0 Å². The zero-order chi connectivity index (χ0) is 13.7. The van der Waals surface area contributed by atoms with Crippen LogP contribution in [0.25, 0.3) is 4.96 Å². The maximum absolute atomic E-state index is 13.1. The molecule has 1 aliphatic heterocycles. The van der Waals surface area contributed by atoms with Gasteiger partial charge in [-0.25, -0.2) is 13.9 Å². The van der Waals surface area contributed by atoms with Crippen LogP contribution in [0, 0.1) is 12.7 Å². The molecule has 20 heavy (non-hydrogen) atoms. The molecule has 1 unspecified atom stereocenters. The number of nitrogens with zero attached hydrogens (tertiary/aromatic N) is 3. The van der Waals surface area contributed by atoms with Crippen LogP contribution in [-0.2, 0) is 6.42 Å². The van der Waals surface area contributed by atoms with E-state index in [1.165, 1.54) is 22.7 Å². The third-order valence-corrected chi connectivity index (χ3v) is 4.74. The van der Waals surface area contributed by atoms with E-state index < -0.39 is 0 Å². The highest BCUT2D eigenvalue weighted by Crippen LogP contribution is 2.34. The molecule has 1 aliphatic rings. The molecule has 102 valence electrons. The van der Waals surface area contributed by atoms with Gasteiger partial charge in [0.2, 0.25) is 4.96 Å². The summed E-state index contributed by atoms with van der Waals surface area (Å²) in [6.07, 6.45) is 0.940. The van der Waals surface area contributed by atoms with Crippen LogP contribution < -0.4 is 5.32 Å². The topological polar surface area (TPSA) is 42.2 Å². The molecule has 0 saturated heterocycles. The molecule has 3 aromatic rings. The van der Waals surface area contributed by atoms with Crippen LogP contribution in [0.15, 0.2) is 24.3 Å². The van der Waals surface area contributed by atoms with E-state index in [1.807, 2.05) is 23.6 Å². The van der Waals surface area contributed by atoms with E-state index in [9.17, 15) is 4.39 Å². The zero-order valence-electron chi connectivity index (χ0n) is 10.9. The van der Waals surface area contributed by atoms with Crippen LogP contribution in [0.1, 0.15) is 28.0 Å². The third kappa shape index (κ3) is 1.76. The van der Waals surface area contributed by atoms with Crippen LogP contribution in [0.3, 0.4) is 0 Å². The van der Waals surface area contributed by atoms with Crippen molar-refractivity contribution >= 4 is 16.3 Å². The minimum atomic E-state index is -0.206. The van der Waals surface area contributed by atoms with Gasteiger partial charge in [-0.05, 0) is 24.6 Å². The summed E-state index contributed by atoms with van der Waals surface area (Å²) in [6, 6.07) is 6.79. The number of hydrogen-bond donors (Lipinski definition) is 1. The summed E-state index contributed by atoms with van der Waals surface area (Å²) < 4.78 is 15.0. The number of halogens is 1. The quantitative estimate of drug-likeness (QED) is 0.748. The van der Waals surface area contributed by atoms with E-state index in [-0.39, 0.29) is 11.9 Å². The van der Waals surface area contributed by atoms with Crippen molar-refractivity contribution in [2.24, 2.45) is 0 Å². The Balaban J connectivity index is 1.85. The van der Waals surface area contributed by atoms with Crippen molar-refractivity contribution in [3.8, 4) is 0 Å². The first-order valence-electron chi connectivity index (χ1n) is 6.56. The highest BCUT2D eigenvalue weighted by Gasteiger charge is 2.27. The lowest BCUT2D eigenvalue weighted by Crippen LogP contribution is -2.30. The first kappa shape index (κ1) is 12.0. The predicted octanol–water partition coefficient (Wildman–Crippen LogP) is 2.47. The summed E-state index contributed by atoms with van der Waals surface area (Å²) in [5.74, 6) is 0.596. The molecule has 6 heteroatoms. The standard InChI is InChI=1S/C14H13FN4S/c1-8-17-14-19(18-8)11-6-7-16-12(13(11)20-14)9-2-4-10(15)5-3-9/h2-5,12,16H,6-7H2,1H3. The number of hydrogen-bond acceptors (Lipinski definition) is 4. The molecule has 0 bridgehead atoms. The van der Waals surface area contributed by atoms with Gasteiger partial charge in [-0.3, -0.25) is 0 Å². The van der Waals surface area contributed by atoms with Gasteiger partial charge in [0.05, 0.1) is 16.6 Å². The fourth-order valence-electron chi connectivity index (χ4n) is 2.71. The predicted molar refractivity (Wildman–Crippen MR) is 75.6 cm³/mol. The molecule has 1 aromatic carbocycles. The largest absolute Gasteiger partial charge is 0.305 e. The number of thiazole rings is 1. The van der Waals surface area contributed by atoms with Crippen molar-refractivity contribution in [2.75, 3.05) is 6.54 Å². The Morgan fingerprint density at radius 3 is 2.95 bits per heavy atom. The van der Waals surface area contributed by atoms with Gasteiger partial charge in [0.1, 0.15) is 11.6 Å². The SMILES string of the molecule is Cc1nc2sc3c(n2n1)CCNC3c1ccc(F)cc1. The van der Waals surface area contributed by atoms with Crippen LogP contribution in [-0.4, -0.2) is 21.1 Å². The van der Waals surface area contributed by atoms with E-state index in [0.717, 1.165) is 29.3 Å². The lowest BCUT2D eigenvalue weighted by molar-refractivity contribution is 0.559. The fourth-order valence-corrected chi connectivity index (χ4v) is 3.96. The second kappa shape index (κ2) is 4.36. The van der Waals surface area contributed by atoms with E-state index >= 15 is 0 Å². The Bertz CT molecular complexity index is 774. The number of benzene rings is 1. The van der Waals surface area contributed by atoms with Crippen molar-refractivity contribution < 1.29 is 4.39 Å². The normalized spacial score (nSPS) is 18.4. The van der Waals surface area contributed by atoms with Gasteiger partial charge in [0.25, 0.3) is 0 Å². The summed E-state index contributed by atoms with van der Waals surface area (Å²) >= 11 is 1.66. The van der Waals surface area contributed by atoms with Crippen molar-refractivity contribution in [2.45, 2.75) is 19.4 Å². The summed E-state index contributed by atoms with van der Waals surface area (Å²) in [4.78, 5) is 6.61. The Kier molecular flexibility index (Phi) is 2.61. The maximum Gasteiger partial charge on any atom is 0.212 e. The van der Waals surface area contributed by atoms with Crippen LogP contribution in [0.2, 0.25) is 0 Å². The van der Waals surface area contributed by atoms with Gasteiger partial charge in [-0.1, -0.05) is 23.5 Å². The molecular weight excluding hydrogens is 275 g/mol. The molecule has 0 aliphatic carbocycles. The fraction of sp³-hybridized carbons (Fsp3) is 0.286. The Hall–Kier alpha value is -1.79. The summed E-state index contributed by atoms with van der Waals surface area (Å²) in [5.41, 5.74) is 2.30. The number of fused-ring (bicyclic) bond motifs is 3. The van der Waals surface area contributed by atoms with E-state index in [1.54, 1.807) is 11.3 Å². The number of nitrogens with one attached hydrogen (secondary N) is 1. The van der Waals surface area contributed by atoms with Crippen molar-refractivity contribution in [1.82, 2.24) is 19.9 Å². The molecule has 0 saturated carbocycles. The number of rotatable bonds is 1. The Morgan fingerprint density at radius 1 is 1.35 bits per heavy atom. The molecule has 1 atom stereocenters. The first-order chi connectivity index (χ1) is 9.72. The van der Waals surface area contributed by atoms with Crippen LogP contribution in [0.4, 0.5) is 4.39 Å². The van der Waals surface area contributed by atoms with E-state index in [2.05, 4.69) is 15.4 Å². The number of aryl methyl sites for hydroxylation is 1. The first-order valence-corrected chi connectivity index (χ1v) is 7.38. The van der Waals surface area contributed by atoms with Gasteiger partial charge in [0, 0.05) is 13.0 Å². The molecule has 1 N–H and O–H groups in total. The van der Waals surface area contributed by atoms with Gasteiger partial charge in [-0.2, -0.15) is 5.10 Å². The molecule has 4 nitrogen and oxygen atoms in total. The van der Waals surface area contributed by atoms with E-state index in [0.29, 0.717) is 0 Å².